The highest BCUT2D eigenvalue weighted by molar-refractivity contribution is 7.99. The van der Waals surface area contributed by atoms with Crippen LogP contribution in [0.4, 0.5) is 0 Å². The highest BCUT2D eigenvalue weighted by atomic mass is 32.2. The van der Waals surface area contributed by atoms with Crippen molar-refractivity contribution in [1.82, 2.24) is 14.8 Å². The van der Waals surface area contributed by atoms with E-state index >= 15 is 0 Å². The molecular formula is C10H17N3O3S. The number of aromatic amines is 1. The molecule has 0 aliphatic heterocycles. The zero-order valence-corrected chi connectivity index (χ0v) is 11.2. The van der Waals surface area contributed by atoms with Gasteiger partial charge in [0.2, 0.25) is 0 Å². The third-order valence-corrected chi connectivity index (χ3v) is 3.24. The summed E-state index contributed by atoms with van der Waals surface area (Å²) in [5, 5.41) is 6.97. The summed E-state index contributed by atoms with van der Waals surface area (Å²) < 4.78 is 6.16. The van der Waals surface area contributed by atoms with Gasteiger partial charge in [-0.05, 0) is 13.8 Å². The summed E-state index contributed by atoms with van der Waals surface area (Å²) in [7, 11) is 1.36. The predicted octanol–water partition coefficient (Wildman–Crippen LogP) is 1.20. The molecule has 0 amide bonds. The van der Waals surface area contributed by atoms with Gasteiger partial charge in [0, 0.05) is 11.3 Å². The summed E-state index contributed by atoms with van der Waals surface area (Å²) in [4.78, 5) is 22.6. The fourth-order valence-electron chi connectivity index (χ4n) is 1.37. The van der Waals surface area contributed by atoms with Crippen LogP contribution in [-0.4, -0.2) is 33.1 Å². The lowest BCUT2D eigenvalue weighted by Crippen LogP contribution is -2.20. The first-order valence-electron chi connectivity index (χ1n) is 5.36. The topological polar surface area (TPSA) is 77.0 Å². The molecule has 0 aliphatic carbocycles. The Morgan fingerprint density at radius 3 is 2.71 bits per heavy atom. The van der Waals surface area contributed by atoms with Gasteiger partial charge in [0.25, 0.3) is 0 Å². The second-order valence-corrected chi connectivity index (χ2v) is 5.39. The van der Waals surface area contributed by atoms with E-state index in [1.807, 2.05) is 20.8 Å². The van der Waals surface area contributed by atoms with E-state index in [0.29, 0.717) is 11.6 Å². The number of esters is 1. The lowest BCUT2D eigenvalue weighted by molar-refractivity contribution is -0.140. The molecule has 0 spiro atoms. The molecule has 1 unspecified atom stereocenters. The van der Waals surface area contributed by atoms with Crippen molar-refractivity contribution in [3.8, 4) is 0 Å². The molecule has 0 bridgehead atoms. The quantitative estimate of drug-likeness (QED) is 0.635. The van der Waals surface area contributed by atoms with Gasteiger partial charge >= 0.3 is 11.7 Å². The maximum atomic E-state index is 11.5. The average molecular weight is 259 g/mol. The Bertz CT molecular complexity index is 438. The molecule has 1 aromatic heterocycles. The third kappa shape index (κ3) is 3.62. The van der Waals surface area contributed by atoms with Crippen LogP contribution in [0.1, 0.15) is 33.2 Å². The molecule has 1 rings (SSSR count). The van der Waals surface area contributed by atoms with E-state index in [4.69, 9.17) is 0 Å². The molecular weight excluding hydrogens is 242 g/mol. The summed E-state index contributed by atoms with van der Waals surface area (Å²) in [5.74, 6) is -0.265. The standard InChI is InChI=1S/C10H17N3O3S/c1-6(2)13-9(15)11-12-10(13)17-7(3)5-8(14)16-4/h6-7H,5H2,1-4H3,(H,11,15). The summed E-state index contributed by atoms with van der Waals surface area (Å²) in [5.41, 5.74) is -0.229. The Labute approximate surface area is 104 Å². The SMILES string of the molecule is COC(=O)CC(C)Sc1n[nH]c(=O)n1C(C)C. The Morgan fingerprint density at radius 2 is 2.18 bits per heavy atom. The lowest BCUT2D eigenvalue weighted by atomic mass is 10.3. The molecule has 6 nitrogen and oxygen atoms in total. The van der Waals surface area contributed by atoms with Crippen LogP contribution in [0.2, 0.25) is 0 Å². The molecule has 0 radical (unpaired) electrons. The minimum absolute atomic E-state index is 0.00940. The van der Waals surface area contributed by atoms with Gasteiger partial charge in [-0.3, -0.25) is 9.36 Å². The molecule has 0 saturated carbocycles. The third-order valence-electron chi connectivity index (χ3n) is 2.18. The fourth-order valence-corrected chi connectivity index (χ4v) is 2.45. The van der Waals surface area contributed by atoms with Gasteiger partial charge in [0.05, 0.1) is 13.5 Å². The Kier molecular flexibility index (Phi) is 4.80. The normalized spacial score (nSPS) is 12.8. The largest absolute Gasteiger partial charge is 0.469 e. The van der Waals surface area contributed by atoms with Gasteiger partial charge < -0.3 is 4.74 Å². The zero-order chi connectivity index (χ0) is 13.0. The van der Waals surface area contributed by atoms with Crippen molar-refractivity contribution in [2.45, 2.75) is 43.6 Å². The molecule has 1 heterocycles. The first-order valence-corrected chi connectivity index (χ1v) is 6.24. The highest BCUT2D eigenvalue weighted by Crippen LogP contribution is 2.24. The van der Waals surface area contributed by atoms with Gasteiger partial charge in [-0.2, -0.15) is 0 Å². The van der Waals surface area contributed by atoms with Crippen LogP contribution < -0.4 is 5.69 Å². The Balaban J connectivity index is 2.75. The van der Waals surface area contributed by atoms with Crippen LogP contribution in [0.5, 0.6) is 0 Å². The molecule has 96 valence electrons. The van der Waals surface area contributed by atoms with Crippen molar-refractivity contribution < 1.29 is 9.53 Å². The second kappa shape index (κ2) is 5.90. The van der Waals surface area contributed by atoms with Gasteiger partial charge in [0.15, 0.2) is 5.16 Å². The number of nitrogens with zero attached hydrogens (tertiary/aromatic N) is 2. The van der Waals surface area contributed by atoms with Crippen LogP contribution in [-0.2, 0) is 9.53 Å². The minimum Gasteiger partial charge on any atom is -0.469 e. The summed E-state index contributed by atoms with van der Waals surface area (Å²) >= 11 is 1.38. The van der Waals surface area contributed by atoms with Gasteiger partial charge in [0.1, 0.15) is 0 Å². The van der Waals surface area contributed by atoms with E-state index < -0.39 is 0 Å². The van der Waals surface area contributed by atoms with Crippen molar-refractivity contribution in [1.29, 1.82) is 0 Å². The second-order valence-electron chi connectivity index (χ2n) is 3.98. The average Bonchev–Trinajstić information content (AvgIpc) is 2.59. The number of H-pyrrole nitrogens is 1. The van der Waals surface area contributed by atoms with E-state index in [2.05, 4.69) is 14.9 Å². The van der Waals surface area contributed by atoms with E-state index in [9.17, 15) is 9.59 Å². The number of thioether (sulfide) groups is 1. The van der Waals surface area contributed by atoms with Crippen LogP contribution in [0.15, 0.2) is 9.95 Å². The number of hydrogen-bond donors (Lipinski definition) is 1. The van der Waals surface area contributed by atoms with Crippen molar-refractivity contribution in [3.05, 3.63) is 10.5 Å². The minimum atomic E-state index is -0.265. The number of hydrogen-bond acceptors (Lipinski definition) is 5. The number of nitrogens with one attached hydrogen (secondary N) is 1. The molecule has 0 aromatic carbocycles. The maximum Gasteiger partial charge on any atom is 0.344 e. The maximum absolute atomic E-state index is 11.5. The van der Waals surface area contributed by atoms with Crippen LogP contribution in [0, 0.1) is 0 Å². The van der Waals surface area contributed by atoms with Crippen LogP contribution in [0.25, 0.3) is 0 Å². The number of carbonyl (C=O) groups is 1. The molecule has 0 fully saturated rings. The molecule has 0 aliphatic rings. The monoisotopic (exact) mass is 259 g/mol. The van der Waals surface area contributed by atoms with Crippen molar-refractivity contribution in [2.24, 2.45) is 0 Å². The number of aromatic nitrogens is 3. The summed E-state index contributed by atoms with van der Waals surface area (Å²) in [6.07, 6.45) is 0.292. The first kappa shape index (κ1) is 13.8. The fraction of sp³-hybridized carbons (Fsp3) is 0.700. The first-order chi connectivity index (χ1) is 7.95. The summed E-state index contributed by atoms with van der Waals surface area (Å²) in [6, 6.07) is 0.0362. The van der Waals surface area contributed by atoms with Gasteiger partial charge in [-0.15, -0.1) is 5.10 Å². The van der Waals surface area contributed by atoms with Crippen molar-refractivity contribution in [2.75, 3.05) is 7.11 Å². The number of methoxy groups -OCH3 is 1. The van der Waals surface area contributed by atoms with Gasteiger partial charge in [-0.1, -0.05) is 18.7 Å². The van der Waals surface area contributed by atoms with E-state index in [1.54, 1.807) is 4.57 Å². The molecule has 1 aromatic rings. The molecule has 1 N–H and O–H groups in total. The van der Waals surface area contributed by atoms with E-state index in [-0.39, 0.29) is 23.0 Å². The number of ether oxygens (including phenoxy) is 1. The molecule has 17 heavy (non-hydrogen) atoms. The van der Waals surface area contributed by atoms with Crippen molar-refractivity contribution >= 4 is 17.7 Å². The van der Waals surface area contributed by atoms with Crippen LogP contribution in [0.3, 0.4) is 0 Å². The number of rotatable bonds is 5. The summed E-state index contributed by atoms with van der Waals surface area (Å²) in [6.45, 7) is 5.71. The predicted molar refractivity (Wildman–Crippen MR) is 65.2 cm³/mol. The lowest BCUT2D eigenvalue weighted by Gasteiger charge is -2.12. The Morgan fingerprint density at radius 1 is 1.53 bits per heavy atom. The number of carbonyl (C=O) groups excluding carboxylic acids is 1. The van der Waals surface area contributed by atoms with Gasteiger partial charge in [-0.25, -0.2) is 9.89 Å². The van der Waals surface area contributed by atoms with Crippen LogP contribution >= 0.6 is 11.8 Å². The highest BCUT2D eigenvalue weighted by Gasteiger charge is 2.17. The van der Waals surface area contributed by atoms with E-state index in [0.717, 1.165) is 0 Å². The molecule has 0 saturated heterocycles. The van der Waals surface area contributed by atoms with Crippen molar-refractivity contribution in [3.63, 3.8) is 0 Å². The van der Waals surface area contributed by atoms with E-state index in [1.165, 1.54) is 18.9 Å². The Hall–Kier alpha value is -1.24. The zero-order valence-electron chi connectivity index (χ0n) is 10.4. The smallest absolute Gasteiger partial charge is 0.344 e. The molecule has 1 atom stereocenters. The molecule has 7 heteroatoms.